The summed E-state index contributed by atoms with van der Waals surface area (Å²) in [4.78, 5) is 13.6. The second-order valence-electron chi connectivity index (χ2n) is 3.63. The molecule has 0 spiro atoms. The van der Waals surface area contributed by atoms with E-state index in [2.05, 4.69) is 15.9 Å². The molecular formula is C10H12BrNO3. The molecule has 82 valence electrons. The van der Waals surface area contributed by atoms with Crippen molar-refractivity contribution < 1.29 is 14.3 Å². The Labute approximate surface area is 96.0 Å². The molecule has 1 fully saturated rings. The Bertz CT molecular complexity index is 355. The van der Waals surface area contributed by atoms with E-state index >= 15 is 0 Å². The molecule has 0 radical (unpaired) electrons. The van der Waals surface area contributed by atoms with Crippen LogP contribution < -0.4 is 0 Å². The Morgan fingerprint density at radius 1 is 1.47 bits per heavy atom. The van der Waals surface area contributed by atoms with Crippen molar-refractivity contribution in [3.63, 3.8) is 0 Å². The second-order valence-corrected chi connectivity index (χ2v) is 4.41. The van der Waals surface area contributed by atoms with Gasteiger partial charge in [0.25, 0.3) is 5.91 Å². The molecule has 2 heterocycles. The molecular weight excluding hydrogens is 262 g/mol. The lowest BCUT2D eigenvalue weighted by Gasteiger charge is -2.28. The first kappa shape index (κ1) is 10.7. The van der Waals surface area contributed by atoms with Gasteiger partial charge in [-0.25, -0.2) is 0 Å². The molecule has 4 nitrogen and oxygen atoms in total. The molecule has 1 amide bonds. The van der Waals surface area contributed by atoms with E-state index in [0.29, 0.717) is 36.4 Å². The minimum Gasteiger partial charge on any atom is -0.444 e. The third kappa shape index (κ3) is 2.41. The highest BCUT2D eigenvalue weighted by Gasteiger charge is 2.24. The van der Waals surface area contributed by atoms with Crippen LogP contribution in [0.3, 0.4) is 0 Å². The summed E-state index contributed by atoms with van der Waals surface area (Å²) in [7, 11) is 0. The van der Waals surface area contributed by atoms with E-state index in [1.54, 1.807) is 17.0 Å². The molecule has 1 aliphatic rings. The first-order chi connectivity index (χ1) is 7.16. The molecule has 2 rings (SSSR count). The minimum absolute atomic E-state index is 0.104. The van der Waals surface area contributed by atoms with Gasteiger partial charge in [-0.2, -0.15) is 0 Å². The summed E-state index contributed by atoms with van der Waals surface area (Å²) in [5, 5.41) is 9.31. The summed E-state index contributed by atoms with van der Waals surface area (Å²) < 4.78 is 5.75. The summed E-state index contributed by atoms with van der Waals surface area (Å²) in [6.45, 7) is 1.19. The van der Waals surface area contributed by atoms with E-state index in [9.17, 15) is 9.90 Å². The summed E-state index contributed by atoms with van der Waals surface area (Å²) in [6.07, 6.45) is 1.03. The standard InChI is InChI=1S/C10H12BrNO3/c11-9-2-1-8(15-9)10(14)12-5-3-7(13)4-6-12/h1-2,7,13H,3-6H2. The van der Waals surface area contributed by atoms with Gasteiger partial charge in [0.05, 0.1) is 6.10 Å². The zero-order valence-electron chi connectivity index (χ0n) is 8.15. The van der Waals surface area contributed by atoms with Crippen molar-refractivity contribution in [3.8, 4) is 0 Å². The van der Waals surface area contributed by atoms with Crippen LogP contribution in [0.1, 0.15) is 23.4 Å². The molecule has 0 unspecified atom stereocenters. The van der Waals surface area contributed by atoms with Crippen molar-refractivity contribution in [1.29, 1.82) is 0 Å². The fourth-order valence-corrected chi connectivity index (χ4v) is 1.96. The number of furan rings is 1. The lowest BCUT2D eigenvalue weighted by molar-refractivity contribution is 0.0519. The monoisotopic (exact) mass is 273 g/mol. The number of halogens is 1. The third-order valence-electron chi connectivity index (χ3n) is 2.54. The molecule has 15 heavy (non-hydrogen) atoms. The smallest absolute Gasteiger partial charge is 0.289 e. The average Bonchev–Trinajstić information content (AvgIpc) is 2.65. The molecule has 0 bridgehead atoms. The van der Waals surface area contributed by atoms with Crippen molar-refractivity contribution >= 4 is 21.8 Å². The number of likely N-dealkylation sites (tertiary alicyclic amines) is 1. The lowest BCUT2D eigenvalue weighted by atomic mass is 10.1. The van der Waals surface area contributed by atoms with Crippen molar-refractivity contribution in [2.45, 2.75) is 18.9 Å². The topological polar surface area (TPSA) is 53.7 Å². The molecule has 1 aromatic rings. The van der Waals surface area contributed by atoms with E-state index < -0.39 is 0 Å². The molecule has 1 aromatic heterocycles. The average molecular weight is 274 g/mol. The lowest BCUT2D eigenvalue weighted by Crippen LogP contribution is -2.39. The summed E-state index contributed by atoms with van der Waals surface area (Å²) >= 11 is 3.16. The highest BCUT2D eigenvalue weighted by molar-refractivity contribution is 9.10. The van der Waals surface area contributed by atoms with E-state index in [0.717, 1.165) is 0 Å². The normalized spacial score (nSPS) is 18.1. The maximum atomic E-state index is 11.8. The van der Waals surface area contributed by atoms with Crippen LogP contribution in [0.2, 0.25) is 0 Å². The molecule has 0 saturated carbocycles. The Hall–Kier alpha value is -0.810. The Balaban J connectivity index is 2.02. The first-order valence-corrected chi connectivity index (χ1v) is 5.69. The molecule has 1 N–H and O–H groups in total. The van der Waals surface area contributed by atoms with Gasteiger partial charge < -0.3 is 14.4 Å². The van der Waals surface area contributed by atoms with Crippen LogP contribution in [-0.2, 0) is 0 Å². The predicted molar refractivity (Wildman–Crippen MR) is 57.6 cm³/mol. The molecule has 1 aliphatic heterocycles. The summed E-state index contributed by atoms with van der Waals surface area (Å²) in [5.74, 6) is 0.242. The number of hydrogen-bond donors (Lipinski definition) is 1. The number of rotatable bonds is 1. The molecule has 5 heteroatoms. The summed E-state index contributed by atoms with van der Waals surface area (Å²) in [6, 6.07) is 3.35. The number of nitrogens with zero attached hydrogens (tertiary/aromatic N) is 1. The van der Waals surface area contributed by atoms with Crippen molar-refractivity contribution in [2.24, 2.45) is 0 Å². The largest absolute Gasteiger partial charge is 0.444 e. The number of carbonyl (C=O) groups is 1. The van der Waals surface area contributed by atoms with E-state index in [1.807, 2.05) is 0 Å². The Kier molecular flexibility index (Phi) is 3.11. The summed E-state index contributed by atoms with van der Waals surface area (Å²) in [5.41, 5.74) is 0. The van der Waals surface area contributed by atoms with Crippen molar-refractivity contribution in [2.75, 3.05) is 13.1 Å². The van der Waals surface area contributed by atoms with Gasteiger partial charge in [0.2, 0.25) is 0 Å². The first-order valence-electron chi connectivity index (χ1n) is 4.89. The molecule has 0 atom stereocenters. The Morgan fingerprint density at radius 2 is 2.13 bits per heavy atom. The minimum atomic E-state index is -0.266. The van der Waals surface area contributed by atoms with Gasteiger partial charge in [0, 0.05) is 13.1 Å². The number of hydrogen-bond acceptors (Lipinski definition) is 3. The number of amides is 1. The maximum absolute atomic E-state index is 11.8. The maximum Gasteiger partial charge on any atom is 0.289 e. The number of piperidine rings is 1. The van der Waals surface area contributed by atoms with Crippen LogP contribution >= 0.6 is 15.9 Å². The highest BCUT2D eigenvalue weighted by atomic mass is 79.9. The molecule has 1 saturated heterocycles. The number of aliphatic hydroxyl groups excluding tert-OH is 1. The van der Waals surface area contributed by atoms with Crippen LogP contribution in [-0.4, -0.2) is 35.1 Å². The van der Waals surface area contributed by atoms with E-state index in [1.165, 1.54) is 0 Å². The van der Waals surface area contributed by atoms with Gasteiger partial charge in [-0.3, -0.25) is 4.79 Å². The quantitative estimate of drug-likeness (QED) is 0.847. The van der Waals surface area contributed by atoms with E-state index in [-0.39, 0.29) is 12.0 Å². The van der Waals surface area contributed by atoms with Gasteiger partial charge in [0.15, 0.2) is 10.4 Å². The van der Waals surface area contributed by atoms with Crippen LogP contribution in [0.4, 0.5) is 0 Å². The van der Waals surface area contributed by atoms with Crippen LogP contribution in [0, 0.1) is 0 Å². The zero-order chi connectivity index (χ0) is 10.8. The van der Waals surface area contributed by atoms with Gasteiger partial charge >= 0.3 is 0 Å². The SMILES string of the molecule is O=C(c1ccc(Br)o1)N1CCC(O)CC1. The second kappa shape index (κ2) is 4.37. The van der Waals surface area contributed by atoms with Crippen LogP contribution in [0.25, 0.3) is 0 Å². The fourth-order valence-electron chi connectivity index (χ4n) is 1.65. The highest BCUT2D eigenvalue weighted by Crippen LogP contribution is 2.18. The van der Waals surface area contributed by atoms with Crippen molar-refractivity contribution in [3.05, 3.63) is 22.6 Å². The predicted octanol–water partition coefficient (Wildman–Crippen LogP) is 1.64. The van der Waals surface area contributed by atoms with E-state index in [4.69, 9.17) is 4.42 Å². The fraction of sp³-hybridized carbons (Fsp3) is 0.500. The Morgan fingerprint density at radius 3 is 2.67 bits per heavy atom. The van der Waals surface area contributed by atoms with Gasteiger partial charge in [-0.05, 0) is 40.9 Å². The van der Waals surface area contributed by atoms with Crippen LogP contribution in [0.15, 0.2) is 21.2 Å². The van der Waals surface area contributed by atoms with Crippen LogP contribution in [0.5, 0.6) is 0 Å². The third-order valence-corrected chi connectivity index (χ3v) is 2.96. The van der Waals surface area contributed by atoms with Gasteiger partial charge in [-0.1, -0.05) is 0 Å². The van der Waals surface area contributed by atoms with Crippen molar-refractivity contribution in [1.82, 2.24) is 4.90 Å². The zero-order valence-corrected chi connectivity index (χ0v) is 9.74. The van der Waals surface area contributed by atoms with Gasteiger partial charge in [-0.15, -0.1) is 0 Å². The number of carbonyl (C=O) groups excluding carboxylic acids is 1. The van der Waals surface area contributed by atoms with Gasteiger partial charge in [0.1, 0.15) is 0 Å². The molecule has 0 aromatic carbocycles. The number of aliphatic hydroxyl groups is 1. The molecule has 0 aliphatic carbocycles.